The topological polar surface area (TPSA) is 122 Å². The number of amides is 1. The molecule has 0 saturated carbocycles. The van der Waals surface area contributed by atoms with E-state index in [-0.39, 0.29) is 30.4 Å². The lowest BCUT2D eigenvalue weighted by Gasteiger charge is -2.12. The Morgan fingerprint density at radius 1 is 1.20 bits per heavy atom. The van der Waals surface area contributed by atoms with Crippen LogP contribution in [0.2, 0.25) is 0 Å². The van der Waals surface area contributed by atoms with E-state index >= 15 is 0 Å². The molecule has 0 saturated heterocycles. The Labute approximate surface area is 172 Å². The lowest BCUT2D eigenvalue weighted by molar-refractivity contribution is -0.385. The van der Waals surface area contributed by atoms with Crippen LogP contribution in [0.3, 0.4) is 0 Å². The van der Waals surface area contributed by atoms with Crippen molar-refractivity contribution < 1.29 is 23.6 Å². The third kappa shape index (κ3) is 5.16. The van der Waals surface area contributed by atoms with Crippen molar-refractivity contribution >= 4 is 11.6 Å². The van der Waals surface area contributed by atoms with Gasteiger partial charge in [-0.2, -0.15) is 5.10 Å². The number of furan rings is 1. The Kier molecular flexibility index (Phi) is 6.68. The maximum absolute atomic E-state index is 12.4. The van der Waals surface area contributed by atoms with E-state index in [1.165, 1.54) is 10.9 Å². The van der Waals surface area contributed by atoms with Gasteiger partial charge in [-0.3, -0.25) is 19.6 Å². The van der Waals surface area contributed by atoms with Crippen molar-refractivity contribution in [2.75, 3.05) is 13.2 Å². The Hall–Kier alpha value is -3.82. The van der Waals surface area contributed by atoms with Crippen LogP contribution >= 0.6 is 0 Å². The molecule has 2 heterocycles. The van der Waals surface area contributed by atoms with Gasteiger partial charge in [-0.25, -0.2) is 0 Å². The van der Waals surface area contributed by atoms with Crippen LogP contribution in [0.25, 0.3) is 0 Å². The third-order valence-corrected chi connectivity index (χ3v) is 4.09. The SMILES string of the molecule is CCOc1ccc(CNC(=O)c2ccc(Cn3cc([N+](=O)[O-])cn3)o2)cc1OCC. The van der Waals surface area contributed by atoms with Crippen molar-refractivity contribution in [1.82, 2.24) is 15.1 Å². The zero-order valence-corrected chi connectivity index (χ0v) is 16.7. The first-order chi connectivity index (χ1) is 14.5. The number of ether oxygens (including phenoxy) is 2. The van der Waals surface area contributed by atoms with Gasteiger partial charge in [0.25, 0.3) is 5.91 Å². The van der Waals surface area contributed by atoms with Crippen molar-refractivity contribution in [1.29, 1.82) is 0 Å². The van der Waals surface area contributed by atoms with Crippen LogP contribution in [0, 0.1) is 10.1 Å². The largest absolute Gasteiger partial charge is 0.490 e. The van der Waals surface area contributed by atoms with Crippen molar-refractivity contribution in [3.8, 4) is 11.5 Å². The summed E-state index contributed by atoms with van der Waals surface area (Å²) in [7, 11) is 0. The smallest absolute Gasteiger partial charge is 0.307 e. The minimum Gasteiger partial charge on any atom is -0.490 e. The maximum Gasteiger partial charge on any atom is 0.307 e. The molecule has 0 unspecified atom stereocenters. The number of nitro groups is 1. The van der Waals surface area contributed by atoms with Gasteiger partial charge in [0.15, 0.2) is 17.3 Å². The molecule has 0 radical (unpaired) electrons. The summed E-state index contributed by atoms with van der Waals surface area (Å²) in [5, 5.41) is 17.4. The van der Waals surface area contributed by atoms with Crippen LogP contribution in [0.1, 0.15) is 35.7 Å². The molecule has 1 aromatic carbocycles. The van der Waals surface area contributed by atoms with Gasteiger partial charge in [-0.1, -0.05) is 6.07 Å². The summed E-state index contributed by atoms with van der Waals surface area (Å²) in [5.41, 5.74) is 0.743. The van der Waals surface area contributed by atoms with E-state index in [4.69, 9.17) is 13.9 Å². The fourth-order valence-electron chi connectivity index (χ4n) is 2.75. The van der Waals surface area contributed by atoms with Gasteiger partial charge in [-0.05, 0) is 43.7 Å². The number of carbonyl (C=O) groups excluding carboxylic acids is 1. The molecule has 10 nitrogen and oxygen atoms in total. The van der Waals surface area contributed by atoms with Gasteiger partial charge in [0.1, 0.15) is 18.2 Å². The second kappa shape index (κ2) is 9.59. The fourth-order valence-corrected chi connectivity index (χ4v) is 2.75. The van der Waals surface area contributed by atoms with E-state index in [1.807, 2.05) is 32.0 Å². The molecule has 0 aliphatic rings. The second-order valence-electron chi connectivity index (χ2n) is 6.25. The number of carbonyl (C=O) groups is 1. The Morgan fingerprint density at radius 3 is 2.67 bits per heavy atom. The van der Waals surface area contributed by atoms with E-state index in [9.17, 15) is 14.9 Å². The highest BCUT2D eigenvalue weighted by Crippen LogP contribution is 2.28. The molecule has 2 aromatic heterocycles. The average Bonchev–Trinajstić information content (AvgIpc) is 3.38. The number of rotatable bonds is 10. The van der Waals surface area contributed by atoms with Crippen LogP contribution in [0.4, 0.5) is 5.69 Å². The highest BCUT2D eigenvalue weighted by atomic mass is 16.6. The quantitative estimate of drug-likeness (QED) is 0.399. The zero-order chi connectivity index (χ0) is 21.5. The second-order valence-corrected chi connectivity index (χ2v) is 6.25. The zero-order valence-electron chi connectivity index (χ0n) is 16.7. The number of hydrogen-bond donors (Lipinski definition) is 1. The summed E-state index contributed by atoms with van der Waals surface area (Å²) in [4.78, 5) is 22.6. The molecular weight excluding hydrogens is 392 g/mol. The number of nitrogens with zero attached hydrogens (tertiary/aromatic N) is 3. The van der Waals surface area contributed by atoms with Crippen LogP contribution < -0.4 is 14.8 Å². The van der Waals surface area contributed by atoms with Crippen molar-refractivity contribution in [2.45, 2.75) is 26.9 Å². The predicted molar refractivity (Wildman–Crippen MR) is 107 cm³/mol. The van der Waals surface area contributed by atoms with Gasteiger partial charge in [0, 0.05) is 6.54 Å². The molecule has 0 spiro atoms. The van der Waals surface area contributed by atoms with E-state index in [0.717, 1.165) is 11.8 Å². The molecule has 1 N–H and O–H groups in total. The van der Waals surface area contributed by atoms with Crippen LogP contribution in [0.5, 0.6) is 11.5 Å². The number of nitrogens with one attached hydrogen (secondary N) is 1. The Balaban J connectivity index is 1.60. The lowest BCUT2D eigenvalue weighted by atomic mass is 10.2. The van der Waals surface area contributed by atoms with Crippen LogP contribution in [-0.2, 0) is 13.1 Å². The first-order valence-corrected chi connectivity index (χ1v) is 9.42. The van der Waals surface area contributed by atoms with Gasteiger partial charge in [0.2, 0.25) is 0 Å². The van der Waals surface area contributed by atoms with Gasteiger partial charge >= 0.3 is 5.69 Å². The lowest BCUT2D eigenvalue weighted by Crippen LogP contribution is -2.22. The first-order valence-electron chi connectivity index (χ1n) is 9.42. The number of aromatic nitrogens is 2. The number of benzene rings is 1. The molecular formula is C20H22N4O6. The van der Waals surface area contributed by atoms with Crippen LogP contribution in [-0.4, -0.2) is 33.8 Å². The van der Waals surface area contributed by atoms with Crippen molar-refractivity contribution in [3.63, 3.8) is 0 Å². The van der Waals surface area contributed by atoms with Gasteiger partial charge in [-0.15, -0.1) is 0 Å². The highest BCUT2D eigenvalue weighted by molar-refractivity contribution is 5.91. The molecule has 0 atom stereocenters. The fraction of sp³-hybridized carbons (Fsp3) is 0.300. The van der Waals surface area contributed by atoms with Crippen molar-refractivity contribution in [3.05, 3.63) is 69.9 Å². The summed E-state index contributed by atoms with van der Waals surface area (Å²) >= 11 is 0. The molecule has 158 valence electrons. The van der Waals surface area contributed by atoms with Crippen LogP contribution in [0.15, 0.2) is 47.1 Å². The summed E-state index contributed by atoms with van der Waals surface area (Å²) in [6, 6.07) is 8.67. The monoisotopic (exact) mass is 414 g/mol. The van der Waals surface area contributed by atoms with Crippen molar-refractivity contribution in [2.24, 2.45) is 0 Å². The molecule has 3 rings (SSSR count). The number of hydrogen-bond acceptors (Lipinski definition) is 7. The maximum atomic E-state index is 12.4. The van der Waals surface area contributed by atoms with Gasteiger partial charge < -0.3 is 19.2 Å². The summed E-state index contributed by atoms with van der Waals surface area (Å²) in [5.74, 6) is 1.50. The molecule has 3 aromatic rings. The minimum atomic E-state index is -0.525. The van der Waals surface area contributed by atoms with E-state index in [2.05, 4.69) is 10.4 Å². The first kappa shape index (κ1) is 20.9. The third-order valence-electron chi connectivity index (χ3n) is 4.09. The predicted octanol–water partition coefficient (Wildman–Crippen LogP) is 3.16. The average molecular weight is 414 g/mol. The van der Waals surface area contributed by atoms with E-state index < -0.39 is 4.92 Å². The van der Waals surface area contributed by atoms with E-state index in [0.29, 0.717) is 30.5 Å². The summed E-state index contributed by atoms with van der Waals surface area (Å²) < 4.78 is 18.0. The molecule has 0 aliphatic carbocycles. The molecule has 0 fully saturated rings. The van der Waals surface area contributed by atoms with Gasteiger partial charge in [0.05, 0.1) is 24.7 Å². The standard InChI is InChI=1S/C20H22N4O6/c1-3-28-17-7-5-14(9-19(17)29-4-2)10-21-20(25)18-8-6-16(30-18)13-23-12-15(11-22-23)24(26)27/h5-9,11-12H,3-4,10,13H2,1-2H3,(H,21,25). The minimum absolute atomic E-state index is 0.110. The van der Waals surface area contributed by atoms with E-state index in [1.54, 1.807) is 12.1 Å². The Morgan fingerprint density at radius 2 is 1.97 bits per heavy atom. The molecule has 30 heavy (non-hydrogen) atoms. The Bertz CT molecular complexity index is 1030. The normalized spacial score (nSPS) is 10.6. The molecule has 10 heteroatoms. The molecule has 1 amide bonds. The summed E-state index contributed by atoms with van der Waals surface area (Å²) in [6.45, 7) is 5.28. The summed E-state index contributed by atoms with van der Waals surface area (Å²) in [6.07, 6.45) is 2.45. The highest BCUT2D eigenvalue weighted by Gasteiger charge is 2.14. The molecule has 0 aliphatic heterocycles. The molecule has 0 bridgehead atoms.